The van der Waals surface area contributed by atoms with Crippen molar-refractivity contribution in [3.05, 3.63) is 53.8 Å². The maximum Gasteiger partial charge on any atom is 0.245 e. The van der Waals surface area contributed by atoms with E-state index in [1.807, 2.05) is 0 Å². The van der Waals surface area contributed by atoms with Crippen LogP contribution >= 0.6 is 0 Å². The van der Waals surface area contributed by atoms with Crippen LogP contribution < -0.4 is 15.8 Å². The van der Waals surface area contributed by atoms with E-state index in [4.69, 9.17) is 10.5 Å². The molecular weight excluding hydrogens is 247 g/mol. The van der Waals surface area contributed by atoms with Gasteiger partial charge in [-0.1, -0.05) is 12.1 Å². The van der Waals surface area contributed by atoms with E-state index in [2.05, 4.69) is 5.32 Å². The normalized spacial score (nSPS) is 16.9. The maximum atomic E-state index is 13.0. The standard InChI is InChI=1S/C14H11FN2O2/c15-8-2-1-3-9(6-8)19-10-4-5-11-12(7-10)17-14(18)13(11)16/h1-7,13H,16H2,(H,17,18). The predicted molar refractivity (Wildman–Crippen MR) is 68.5 cm³/mol. The summed E-state index contributed by atoms with van der Waals surface area (Å²) in [5, 5.41) is 2.67. The van der Waals surface area contributed by atoms with Crippen molar-refractivity contribution >= 4 is 11.6 Å². The lowest BCUT2D eigenvalue weighted by molar-refractivity contribution is -0.116. The van der Waals surface area contributed by atoms with Crippen LogP contribution in [0.25, 0.3) is 0 Å². The molecule has 2 aromatic carbocycles. The molecule has 0 saturated carbocycles. The number of carbonyl (C=O) groups excluding carboxylic acids is 1. The van der Waals surface area contributed by atoms with Gasteiger partial charge in [0.25, 0.3) is 0 Å². The molecule has 0 aliphatic carbocycles. The van der Waals surface area contributed by atoms with Gasteiger partial charge in [-0.05, 0) is 18.2 Å². The topological polar surface area (TPSA) is 64.4 Å². The van der Waals surface area contributed by atoms with E-state index in [0.29, 0.717) is 17.2 Å². The lowest BCUT2D eigenvalue weighted by Crippen LogP contribution is -2.19. The van der Waals surface area contributed by atoms with Gasteiger partial charge in [0.15, 0.2) is 0 Å². The summed E-state index contributed by atoms with van der Waals surface area (Å²) in [6.07, 6.45) is 0. The van der Waals surface area contributed by atoms with Crippen LogP contribution in [0.5, 0.6) is 11.5 Å². The highest BCUT2D eigenvalue weighted by Gasteiger charge is 2.27. The summed E-state index contributed by atoms with van der Waals surface area (Å²) >= 11 is 0. The zero-order valence-electron chi connectivity index (χ0n) is 9.89. The van der Waals surface area contributed by atoms with Gasteiger partial charge in [0.1, 0.15) is 23.4 Å². The summed E-state index contributed by atoms with van der Waals surface area (Å²) < 4.78 is 18.6. The fourth-order valence-corrected chi connectivity index (χ4v) is 2.00. The SMILES string of the molecule is NC1C(=O)Nc2cc(Oc3cccc(F)c3)ccc21. The van der Waals surface area contributed by atoms with E-state index in [1.54, 1.807) is 30.3 Å². The average Bonchev–Trinajstić information content (AvgIpc) is 2.65. The highest BCUT2D eigenvalue weighted by molar-refractivity contribution is 6.02. The van der Waals surface area contributed by atoms with Gasteiger partial charge < -0.3 is 15.8 Å². The molecule has 5 heteroatoms. The first-order valence-corrected chi connectivity index (χ1v) is 5.77. The Kier molecular flexibility index (Phi) is 2.68. The number of rotatable bonds is 2. The molecule has 0 aromatic heterocycles. The summed E-state index contributed by atoms with van der Waals surface area (Å²) in [6.45, 7) is 0. The fraction of sp³-hybridized carbons (Fsp3) is 0.0714. The second-order valence-electron chi connectivity index (χ2n) is 4.28. The number of fused-ring (bicyclic) bond motifs is 1. The van der Waals surface area contributed by atoms with E-state index in [1.165, 1.54) is 12.1 Å². The number of carbonyl (C=O) groups is 1. The van der Waals surface area contributed by atoms with Crippen molar-refractivity contribution < 1.29 is 13.9 Å². The molecule has 3 N–H and O–H groups in total. The van der Waals surface area contributed by atoms with E-state index in [9.17, 15) is 9.18 Å². The van der Waals surface area contributed by atoms with Crippen LogP contribution in [0.4, 0.5) is 10.1 Å². The summed E-state index contributed by atoms with van der Waals surface area (Å²) in [4.78, 5) is 11.4. The molecule has 1 heterocycles. The third-order valence-corrected chi connectivity index (χ3v) is 2.93. The molecule has 1 atom stereocenters. The van der Waals surface area contributed by atoms with Crippen molar-refractivity contribution in [3.8, 4) is 11.5 Å². The third kappa shape index (κ3) is 2.15. The van der Waals surface area contributed by atoms with E-state index in [0.717, 1.165) is 5.56 Å². The van der Waals surface area contributed by atoms with Crippen molar-refractivity contribution in [1.29, 1.82) is 0 Å². The van der Waals surface area contributed by atoms with E-state index < -0.39 is 6.04 Å². The molecule has 96 valence electrons. The highest BCUT2D eigenvalue weighted by atomic mass is 19.1. The largest absolute Gasteiger partial charge is 0.457 e. The van der Waals surface area contributed by atoms with Crippen molar-refractivity contribution in [2.45, 2.75) is 6.04 Å². The fourth-order valence-electron chi connectivity index (χ4n) is 2.00. The van der Waals surface area contributed by atoms with Crippen LogP contribution in [-0.4, -0.2) is 5.91 Å². The Morgan fingerprint density at radius 1 is 1.16 bits per heavy atom. The van der Waals surface area contributed by atoms with Gasteiger partial charge in [0.05, 0.1) is 0 Å². The Hall–Kier alpha value is -2.40. The molecule has 3 rings (SSSR count). The van der Waals surface area contributed by atoms with Gasteiger partial charge in [0.2, 0.25) is 5.91 Å². The number of nitrogens with two attached hydrogens (primary N) is 1. The lowest BCUT2D eigenvalue weighted by Gasteiger charge is -2.07. The number of benzene rings is 2. The molecule has 0 spiro atoms. The Balaban J connectivity index is 1.88. The van der Waals surface area contributed by atoms with Gasteiger partial charge in [0, 0.05) is 23.4 Å². The monoisotopic (exact) mass is 258 g/mol. The minimum Gasteiger partial charge on any atom is -0.457 e. The molecule has 19 heavy (non-hydrogen) atoms. The van der Waals surface area contributed by atoms with Gasteiger partial charge in [-0.3, -0.25) is 4.79 Å². The molecule has 0 radical (unpaired) electrons. The molecule has 0 bridgehead atoms. The number of ether oxygens (including phenoxy) is 1. The second kappa shape index (κ2) is 4.37. The molecule has 1 unspecified atom stereocenters. The first kappa shape index (κ1) is 11.7. The first-order valence-electron chi connectivity index (χ1n) is 5.77. The molecule has 4 nitrogen and oxygen atoms in total. The van der Waals surface area contributed by atoms with E-state index in [-0.39, 0.29) is 11.7 Å². The molecule has 2 aromatic rings. The highest BCUT2D eigenvalue weighted by Crippen LogP contribution is 2.33. The van der Waals surface area contributed by atoms with Crippen LogP contribution in [-0.2, 0) is 4.79 Å². The van der Waals surface area contributed by atoms with Crippen molar-refractivity contribution in [2.75, 3.05) is 5.32 Å². The number of anilines is 1. The molecule has 0 saturated heterocycles. The molecule has 1 aliphatic rings. The Labute approximate surface area is 109 Å². The molecule has 1 aliphatic heterocycles. The summed E-state index contributed by atoms with van der Waals surface area (Å²) in [7, 11) is 0. The summed E-state index contributed by atoms with van der Waals surface area (Å²) in [5.41, 5.74) is 7.07. The van der Waals surface area contributed by atoms with Crippen molar-refractivity contribution in [3.63, 3.8) is 0 Å². The summed E-state index contributed by atoms with van der Waals surface area (Å²) in [6, 6.07) is 10.3. The van der Waals surface area contributed by atoms with Gasteiger partial charge in [-0.15, -0.1) is 0 Å². The Morgan fingerprint density at radius 3 is 2.74 bits per heavy atom. The van der Waals surface area contributed by atoms with Gasteiger partial charge >= 0.3 is 0 Å². The lowest BCUT2D eigenvalue weighted by atomic mass is 10.1. The van der Waals surface area contributed by atoms with Crippen LogP contribution in [0.2, 0.25) is 0 Å². The van der Waals surface area contributed by atoms with Crippen LogP contribution in [0.1, 0.15) is 11.6 Å². The first-order chi connectivity index (χ1) is 9.13. The summed E-state index contributed by atoms with van der Waals surface area (Å²) in [5.74, 6) is 0.305. The smallest absolute Gasteiger partial charge is 0.245 e. The predicted octanol–water partition coefficient (Wildman–Crippen LogP) is 2.57. The third-order valence-electron chi connectivity index (χ3n) is 2.93. The van der Waals surface area contributed by atoms with Crippen LogP contribution in [0.15, 0.2) is 42.5 Å². The zero-order chi connectivity index (χ0) is 13.4. The van der Waals surface area contributed by atoms with Crippen LogP contribution in [0.3, 0.4) is 0 Å². The number of nitrogens with one attached hydrogen (secondary N) is 1. The van der Waals surface area contributed by atoms with Crippen molar-refractivity contribution in [2.24, 2.45) is 5.73 Å². The van der Waals surface area contributed by atoms with Crippen molar-refractivity contribution in [1.82, 2.24) is 0 Å². The molecule has 1 amide bonds. The van der Waals surface area contributed by atoms with Gasteiger partial charge in [-0.2, -0.15) is 0 Å². The van der Waals surface area contributed by atoms with Gasteiger partial charge in [-0.25, -0.2) is 4.39 Å². The maximum absolute atomic E-state index is 13.0. The molecular formula is C14H11FN2O2. The number of hydrogen-bond donors (Lipinski definition) is 2. The zero-order valence-corrected chi connectivity index (χ0v) is 9.89. The second-order valence-corrected chi connectivity index (χ2v) is 4.28. The molecule has 0 fully saturated rings. The Bertz CT molecular complexity index is 658. The Morgan fingerprint density at radius 2 is 1.95 bits per heavy atom. The van der Waals surface area contributed by atoms with E-state index >= 15 is 0 Å². The average molecular weight is 258 g/mol. The minimum absolute atomic E-state index is 0.238. The number of halogens is 1. The number of hydrogen-bond acceptors (Lipinski definition) is 3. The minimum atomic E-state index is -0.641. The quantitative estimate of drug-likeness (QED) is 0.870. The number of amides is 1. The van der Waals surface area contributed by atoms with Crippen LogP contribution in [0, 0.1) is 5.82 Å².